The Balaban J connectivity index is 1.72. The summed E-state index contributed by atoms with van der Waals surface area (Å²) in [6, 6.07) is 6.16. The third kappa shape index (κ3) is 4.18. The average Bonchev–Trinajstić information content (AvgIpc) is 2.43. The Kier molecular flexibility index (Phi) is 5.16. The quantitative estimate of drug-likeness (QED) is 0.887. The van der Waals surface area contributed by atoms with Crippen LogP contribution >= 0.6 is 0 Å². The molecule has 1 aromatic rings. The van der Waals surface area contributed by atoms with Crippen molar-refractivity contribution in [3.63, 3.8) is 0 Å². The zero-order valence-electron chi connectivity index (χ0n) is 11.5. The van der Waals surface area contributed by atoms with E-state index in [1.165, 1.54) is 18.6 Å². The number of hydrogen-bond donors (Lipinski definition) is 1. The second kappa shape index (κ2) is 6.87. The Hall–Kier alpha value is -1.13. The Bertz CT molecular complexity index is 382. The Morgan fingerprint density at radius 2 is 2.11 bits per heavy atom. The maximum absolute atomic E-state index is 12.7. The van der Waals surface area contributed by atoms with Crippen LogP contribution in [0.15, 0.2) is 24.3 Å². The van der Waals surface area contributed by atoms with Crippen molar-refractivity contribution in [3.05, 3.63) is 30.1 Å². The van der Waals surface area contributed by atoms with Crippen LogP contribution in [0.3, 0.4) is 0 Å². The van der Waals surface area contributed by atoms with Gasteiger partial charge in [0.25, 0.3) is 0 Å². The van der Waals surface area contributed by atoms with E-state index in [2.05, 4.69) is 11.8 Å². The summed E-state index contributed by atoms with van der Waals surface area (Å²) in [6.45, 7) is 6.76. The molecule has 0 spiro atoms. The lowest BCUT2D eigenvalue weighted by molar-refractivity contribution is 0.114. The lowest BCUT2D eigenvalue weighted by Crippen LogP contribution is -2.44. The van der Waals surface area contributed by atoms with Gasteiger partial charge in [-0.25, -0.2) is 4.39 Å². The molecular formula is C15H23FN2O. The predicted octanol–water partition coefficient (Wildman–Crippen LogP) is 2.12. The average molecular weight is 266 g/mol. The van der Waals surface area contributed by atoms with Gasteiger partial charge in [-0.3, -0.25) is 4.90 Å². The molecule has 2 atom stereocenters. The normalized spacial score (nSPS) is 24.4. The van der Waals surface area contributed by atoms with Crippen LogP contribution in [0.5, 0.6) is 5.75 Å². The third-order valence-corrected chi connectivity index (χ3v) is 3.99. The SMILES string of the molecule is CC1CCN(CCOc2ccc(F)cc2)CC1CN. The van der Waals surface area contributed by atoms with Crippen molar-refractivity contribution >= 4 is 0 Å². The summed E-state index contributed by atoms with van der Waals surface area (Å²) in [7, 11) is 0. The molecule has 1 saturated heterocycles. The molecule has 1 aliphatic rings. The Morgan fingerprint density at radius 1 is 1.37 bits per heavy atom. The fourth-order valence-corrected chi connectivity index (χ4v) is 2.56. The van der Waals surface area contributed by atoms with Crippen molar-refractivity contribution in [3.8, 4) is 5.75 Å². The summed E-state index contributed by atoms with van der Waals surface area (Å²) in [4.78, 5) is 2.40. The molecule has 0 amide bonds. The molecular weight excluding hydrogens is 243 g/mol. The number of nitrogens with zero attached hydrogens (tertiary/aromatic N) is 1. The minimum atomic E-state index is -0.233. The van der Waals surface area contributed by atoms with Crippen LogP contribution in [0.25, 0.3) is 0 Å². The van der Waals surface area contributed by atoms with Gasteiger partial charge < -0.3 is 10.5 Å². The van der Waals surface area contributed by atoms with Crippen LogP contribution in [0.4, 0.5) is 4.39 Å². The smallest absolute Gasteiger partial charge is 0.123 e. The molecule has 0 saturated carbocycles. The van der Waals surface area contributed by atoms with Crippen molar-refractivity contribution in [2.45, 2.75) is 13.3 Å². The fraction of sp³-hybridized carbons (Fsp3) is 0.600. The van der Waals surface area contributed by atoms with E-state index in [-0.39, 0.29) is 5.82 Å². The Morgan fingerprint density at radius 3 is 2.79 bits per heavy atom. The predicted molar refractivity (Wildman–Crippen MR) is 74.7 cm³/mol. The lowest BCUT2D eigenvalue weighted by atomic mass is 9.87. The van der Waals surface area contributed by atoms with Crippen molar-refractivity contribution in [1.82, 2.24) is 4.90 Å². The van der Waals surface area contributed by atoms with E-state index < -0.39 is 0 Å². The molecule has 3 nitrogen and oxygen atoms in total. The van der Waals surface area contributed by atoms with Gasteiger partial charge in [0.05, 0.1) is 0 Å². The first-order valence-corrected chi connectivity index (χ1v) is 7.00. The molecule has 4 heteroatoms. The van der Waals surface area contributed by atoms with Crippen LogP contribution in [0.2, 0.25) is 0 Å². The van der Waals surface area contributed by atoms with E-state index in [0.29, 0.717) is 12.5 Å². The molecule has 2 unspecified atom stereocenters. The first kappa shape index (κ1) is 14.3. The highest BCUT2D eigenvalue weighted by Crippen LogP contribution is 2.22. The van der Waals surface area contributed by atoms with E-state index in [0.717, 1.165) is 37.8 Å². The highest BCUT2D eigenvalue weighted by Gasteiger charge is 2.24. The molecule has 19 heavy (non-hydrogen) atoms. The second-order valence-electron chi connectivity index (χ2n) is 5.36. The minimum absolute atomic E-state index is 0.233. The minimum Gasteiger partial charge on any atom is -0.492 e. The topological polar surface area (TPSA) is 38.5 Å². The molecule has 0 radical (unpaired) electrons. The Labute approximate surface area is 114 Å². The number of benzene rings is 1. The molecule has 106 valence electrons. The molecule has 1 aromatic carbocycles. The molecule has 0 bridgehead atoms. The maximum Gasteiger partial charge on any atom is 0.123 e. The van der Waals surface area contributed by atoms with Gasteiger partial charge in [0.1, 0.15) is 18.2 Å². The molecule has 2 rings (SSSR count). The van der Waals surface area contributed by atoms with E-state index >= 15 is 0 Å². The number of piperidine rings is 1. The third-order valence-electron chi connectivity index (χ3n) is 3.99. The fourth-order valence-electron chi connectivity index (χ4n) is 2.56. The molecule has 0 aliphatic carbocycles. The van der Waals surface area contributed by atoms with Crippen LogP contribution in [-0.2, 0) is 0 Å². The van der Waals surface area contributed by atoms with Gasteiger partial charge >= 0.3 is 0 Å². The van der Waals surface area contributed by atoms with Crippen molar-refractivity contribution in [1.29, 1.82) is 0 Å². The van der Waals surface area contributed by atoms with Gasteiger partial charge in [0.2, 0.25) is 0 Å². The lowest BCUT2D eigenvalue weighted by Gasteiger charge is -2.36. The van der Waals surface area contributed by atoms with Gasteiger partial charge in [-0.1, -0.05) is 6.92 Å². The van der Waals surface area contributed by atoms with Crippen LogP contribution < -0.4 is 10.5 Å². The number of nitrogens with two attached hydrogens (primary N) is 1. The van der Waals surface area contributed by atoms with E-state index in [9.17, 15) is 4.39 Å². The molecule has 1 heterocycles. The molecule has 2 N–H and O–H groups in total. The number of ether oxygens (including phenoxy) is 1. The first-order valence-electron chi connectivity index (χ1n) is 7.00. The van der Waals surface area contributed by atoms with Crippen molar-refractivity contribution in [2.75, 3.05) is 32.8 Å². The van der Waals surface area contributed by atoms with Crippen LogP contribution in [-0.4, -0.2) is 37.7 Å². The van der Waals surface area contributed by atoms with Gasteiger partial charge in [-0.15, -0.1) is 0 Å². The summed E-state index contributed by atoms with van der Waals surface area (Å²) in [5, 5.41) is 0. The largest absolute Gasteiger partial charge is 0.492 e. The van der Waals surface area contributed by atoms with E-state index in [4.69, 9.17) is 10.5 Å². The second-order valence-corrected chi connectivity index (χ2v) is 5.36. The van der Waals surface area contributed by atoms with Crippen LogP contribution in [0.1, 0.15) is 13.3 Å². The number of rotatable bonds is 5. The maximum atomic E-state index is 12.7. The van der Waals surface area contributed by atoms with Gasteiger partial charge in [-0.2, -0.15) is 0 Å². The van der Waals surface area contributed by atoms with Crippen molar-refractivity contribution < 1.29 is 9.13 Å². The number of likely N-dealkylation sites (tertiary alicyclic amines) is 1. The molecule has 1 fully saturated rings. The van der Waals surface area contributed by atoms with Gasteiger partial charge in [0, 0.05) is 13.1 Å². The number of hydrogen-bond acceptors (Lipinski definition) is 3. The van der Waals surface area contributed by atoms with E-state index in [1.54, 1.807) is 12.1 Å². The van der Waals surface area contributed by atoms with Crippen molar-refractivity contribution in [2.24, 2.45) is 17.6 Å². The van der Waals surface area contributed by atoms with Gasteiger partial charge in [0.15, 0.2) is 0 Å². The summed E-state index contributed by atoms with van der Waals surface area (Å²) in [6.07, 6.45) is 1.21. The highest BCUT2D eigenvalue weighted by atomic mass is 19.1. The van der Waals surface area contributed by atoms with Gasteiger partial charge in [-0.05, 0) is 55.6 Å². The molecule has 1 aliphatic heterocycles. The summed E-state index contributed by atoms with van der Waals surface area (Å²) >= 11 is 0. The molecule has 0 aromatic heterocycles. The summed E-state index contributed by atoms with van der Waals surface area (Å²) in [5.41, 5.74) is 5.80. The highest BCUT2D eigenvalue weighted by molar-refractivity contribution is 5.21. The number of halogens is 1. The zero-order chi connectivity index (χ0) is 13.7. The first-order chi connectivity index (χ1) is 9.19. The monoisotopic (exact) mass is 266 g/mol. The van der Waals surface area contributed by atoms with Crippen LogP contribution in [0, 0.1) is 17.7 Å². The standard InChI is InChI=1S/C15H23FN2O/c1-12-6-7-18(11-13(12)10-17)8-9-19-15-4-2-14(16)3-5-15/h2-5,12-13H,6-11,17H2,1H3. The van der Waals surface area contributed by atoms with E-state index in [1.807, 2.05) is 0 Å². The summed E-state index contributed by atoms with van der Waals surface area (Å²) in [5.74, 6) is 1.81. The zero-order valence-corrected chi connectivity index (χ0v) is 11.5. The summed E-state index contributed by atoms with van der Waals surface area (Å²) < 4.78 is 18.4.